The number of amides is 1. The Morgan fingerprint density at radius 2 is 2.14 bits per heavy atom. The first-order valence-electron chi connectivity index (χ1n) is 8.15. The van der Waals surface area contributed by atoms with Crippen LogP contribution in [0.5, 0.6) is 0 Å². The zero-order chi connectivity index (χ0) is 16.3. The molecular weight excluding hydrogens is 276 g/mol. The zero-order valence-corrected chi connectivity index (χ0v) is 14.1. The van der Waals surface area contributed by atoms with Crippen molar-refractivity contribution in [3.63, 3.8) is 0 Å². The second-order valence-electron chi connectivity index (χ2n) is 6.75. The van der Waals surface area contributed by atoms with E-state index in [1.807, 2.05) is 32.8 Å². The number of carbonyl (C=O) groups is 1. The Morgan fingerprint density at radius 3 is 2.77 bits per heavy atom. The minimum atomic E-state index is -0.554. The van der Waals surface area contributed by atoms with Crippen LogP contribution >= 0.6 is 0 Å². The number of hydrogen-bond acceptors (Lipinski definition) is 3. The highest BCUT2D eigenvalue weighted by molar-refractivity contribution is 5.77. The topological polar surface area (TPSA) is 43.8 Å². The molecule has 4 nitrogen and oxygen atoms in total. The van der Waals surface area contributed by atoms with Crippen molar-refractivity contribution in [1.82, 2.24) is 4.90 Å². The van der Waals surface area contributed by atoms with Gasteiger partial charge >= 0.3 is 0 Å². The van der Waals surface area contributed by atoms with E-state index in [1.54, 1.807) is 0 Å². The number of aliphatic hydroxyl groups excluding tert-OH is 1. The van der Waals surface area contributed by atoms with Gasteiger partial charge in [0.25, 0.3) is 0 Å². The molecule has 2 atom stereocenters. The first-order chi connectivity index (χ1) is 10.4. The summed E-state index contributed by atoms with van der Waals surface area (Å²) in [6.45, 7) is 4.68. The van der Waals surface area contributed by atoms with Crippen LogP contribution in [0.2, 0.25) is 0 Å². The Bertz CT molecular complexity index is 514. The van der Waals surface area contributed by atoms with Gasteiger partial charge in [-0.1, -0.05) is 26.0 Å². The summed E-state index contributed by atoms with van der Waals surface area (Å²) >= 11 is 0. The maximum Gasteiger partial charge on any atom is 0.225 e. The van der Waals surface area contributed by atoms with Crippen LogP contribution in [0.25, 0.3) is 0 Å². The molecule has 1 amide bonds. The van der Waals surface area contributed by atoms with Crippen molar-refractivity contribution in [2.45, 2.75) is 45.3 Å². The van der Waals surface area contributed by atoms with Gasteiger partial charge < -0.3 is 14.9 Å². The molecule has 1 saturated heterocycles. The van der Waals surface area contributed by atoms with Crippen molar-refractivity contribution in [2.75, 3.05) is 25.5 Å². The smallest absolute Gasteiger partial charge is 0.225 e. The number of aliphatic hydroxyl groups is 1. The van der Waals surface area contributed by atoms with Gasteiger partial charge in [0.15, 0.2) is 0 Å². The van der Waals surface area contributed by atoms with Crippen LogP contribution < -0.4 is 4.90 Å². The van der Waals surface area contributed by atoms with E-state index in [9.17, 15) is 9.90 Å². The summed E-state index contributed by atoms with van der Waals surface area (Å²) in [6.07, 6.45) is 1.70. The second kappa shape index (κ2) is 7.14. The number of anilines is 1. The fraction of sp³-hybridized carbons (Fsp3) is 0.611. The lowest BCUT2D eigenvalue weighted by Gasteiger charge is -2.27. The average molecular weight is 304 g/mol. The molecule has 1 aliphatic heterocycles. The molecule has 0 bridgehead atoms. The second-order valence-corrected chi connectivity index (χ2v) is 6.75. The van der Waals surface area contributed by atoms with Crippen molar-refractivity contribution in [3.05, 3.63) is 29.8 Å². The van der Waals surface area contributed by atoms with E-state index >= 15 is 0 Å². The van der Waals surface area contributed by atoms with Crippen LogP contribution in [0.1, 0.15) is 44.7 Å². The third kappa shape index (κ3) is 3.80. The summed E-state index contributed by atoms with van der Waals surface area (Å²) in [7, 11) is 4.05. The molecule has 4 heteroatoms. The molecule has 0 aromatic heterocycles. The van der Waals surface area contributed by atoms with Gasteiger partial charge in [-0.05, 0) is 36.5 Å². The van der Waals surface area contributed by atoms with Gasteiger partial charge in [0.05, 0.1) is 18.6 Å². The van der Waals surface area contributed by atoms with Crippen LogP contribution in [0.15, 0.2) is 24.3 Å². The lowest BCUT2D eigenvalue weighted by Crippen LogP contribution is -2.34. The first kappa shape index (κ1) is 16.8. The third-order valence-corrected chi connectivity index (χ3v) is 4.50. The Kier molecular flexibility index (Phi) is 5.46. The SMILES string of the molecule is CC(C)C(O)CC(=O)N1CCCC1c1cccc(N(C)C)c1. The Balaban J connectivity index is 2.13. The fourth-order valence-electron chi connectivity index (χ4n) is 2.95. The predicted octanol–water partition coefficient (Wildman–Crippen LogP) is 2.82. The lowest BCUT2D eigenvalue weighted by molar-refractivity contribution is -0.134. The summed E-state index contributed by atoms with van der Waals surface area (Å²) < 4.78 is 0. The molecule has 0 spiro atoms. The zero-order valence-electron chi connectivity index (χ0n) is 14.1. The number of rotatable bonds is 5. The number of carbonyl (C=O) groups excluding carboxylic acids is 1. The van der Waals surface area contributed by atoms with Crippen LogP contribution in [0, 0.1) is 5.92 Å². The van der Waals surface area contributed by atoms with Crippen molar-refractivity contribution in [3.8, 4) is 0 Å². The van der Waals surface area contributed by atoms with E-state index in [2.05, 4.69) is 29.2 Å². The number of nitrogens with zero attached hydrogens (tertiary/aromatic N) is 2. The van der Waals surface area contributed by atoms with E-state index in [0.717, 1.165) is 25.1 Å². The normalized spacial score (nSPS) is 19.5. The summed E-state index contributed by atoms with van der Waals surface area (Å²) in [6, 6.07) is 8.53. The van der Waals surface area contributed by atoms with Crippen LogP contribution in [-0.4, -0.2) is 42.7 Å². The quantitative estimate of drug-likeness (QED) is 0.909. The van der Waals surface area contributed by atoms with Crippen molar-refractivity contribution < 1.29 is 9.90 Å². The Labute approximate surface area is 133 Å². The lowest BCUT2D eigenvalue weighted by atomic mass is 10.0. The standard InChI is InChI=1S/C18H28N2O2/c1-13(2)17(21)12-18(22)20-10-6-9-16(20)14-7-5-8-15(11-14)19(3)4/h5,7-8,11,13,16-17,21H,6,9-10,12H2,1-4H3. The molecule has 1 aromatic rings. The third-order valence-electron chi connectivity index (χ3n) is 4.50. The molecule has 1 fully saturated rings. The largest absolute Gasteiger partial charge is 0.392 e. The van der Waals surface area contributed by atoms with Gasteiger partial charge in [-0.2, -0.15) is 0 Å². The summed E-state index contributed by atoms with van der Waals surface area (Å²) in [4.78, 5) is 16.5. The van der Waals surface area contributed by atoms with Crippen molar-refractivity contribution >= 4 is 11.6 Å². The van der Waals surface area contributed by atoms with Gasteiger partial charge in [0, 0.05) is 26.3 Å². The highest BCUT2D eigenvalue weighted by atomic mass is 16.3. The monoisotopic (exact) mass is 304 g/mol. The van der Waals surface area contributed by atoms with Crippen molar-refractivity contribution in [1.29, 1.82) is 0 Å². The van der Waals surface area contributed by atoms with Gasteiger partial charge in [-0.3, -0.25) is 4.79 Å². The van der Waals surface area contributed by atoms with Gasteiger partial charge in [-0.15, -0.1) is 0 Å². The number of hydrogen-bond donors (Lipinski definition) is 1. The molecule has 122 valence electrons. The molecule has 1 heterocycles. The van der Waals surface area contributed by atoms with Crippen LogP contribution in [0.4, 0.5) is 5.69 Å². The molecule has 0 aliphatic carbocycles. The molecule has 0 radical (unpaired) electrons. The van der Waals surface area contributed by atoms with Gasteiger partial charge in [0.1, 0.15) is 0 Å². The minimum absolute atomic E-state index is 0.0685. The predicted molar refractivity (Wildman–Crippen MR) is 89.9 cm³/mol. The Morgan fingerprint density at radius 1 is 1.41 bits per heavy atom. The summed E-state index contributed by atoms with van der Waals surface area (Å²) in [5, 5.41) is 9.98. The molecule has 1 aliphatic rings. The van der Waals surface area contributed by atoms with Crippen LogP contribution in [-0.2, 0) is 4.79 Å². The maximum atomic E-state index is 12.5. The summed E-state index contributed by atoms with van der Waals surface area (Å²) in [5.74, 6) is 0.182. The van der Waals surface area contributed by atoms with E-state index < -0.39 is 6.10 Å². The highest BCUT2D eigenvalue weighted by Crippen LogP contribution is 2.34. The molecular formula is C18H28N2O2. The van der Waals surface area contributed by atoms with E-state index in [0.29, 0.717) is 0 Å². The minimum Gasteiger partial charge on any atom is -0.392 e. The van der Waals surface area contributed by atoms with E-state index in [4.69, 9.17) is 0 Å². The molecule has 1 N–H and O–H groups in total. The molecule has 0 saturated carbocycles. The number of benzene rings is 1. The van der Waals surface area contributed by atoms with Crippen molar-refractivity contribution in [2.24, 2.45) is 5.92 Å². The fourth-order valence-corrected chi connectivity index (χ4v) is 2.95. The van der Waals surface area contributed by atoms with E-state index in [1.165, 1.54) is 5.56 Å². The van der Waals surface area contributed by atoms with Gasteiger partial charge in [0.2, 0.25) is 5.91 Å². The first-order valence-corrected chi connectivity index (χ1v) is 8.15. The average Bonchev–Trinajstić information content (AvgIpc) is 2.96. The maximum absolute atomic E-state index is 12.5. The molecule has 22 heavy (non-hydrogen) atoms. The molecule has 1 aromatic carbocycles. The molecule has 2 rings (SSSR count). The van der Waals surface area contributed by atoms with E-state index in [-0.39, 0.29) is 24.3 Å². The number of likely N-dealkylation sites (tertiary alicyclic amines) is 1. The highest BCUT2D eigenvalue weighted by Gasteiger charge is 2.31. The van der Waals surface area contributed by atoms with Crippen LogP contribution in [0.3, 0.4) is 0 Å². The Hall–Kier alpha value is -1.55. The molecule has 2 unspecified atom stereocenters. The van der Waals surface area contributed by atoms with Gasteiger partial charge in [-0.25, -0.2) is 0 Å². The summed E-state index contributed by atoms with van der Waals surface area (Å²) in [5.41, 5.74) is 2.34.